The van der Waals surface area contributed by atoms with Crippen LogP contribution in [0.3, 0.4) is 0 Å². The first-order chi connectivity index (χ1) is 24.2. The first kappa shape index (κ1) is 37.5. The van der Waals surface area contributed by atoms with Gasteiger partial charge < -0.3 is 29.7 Å². The van der Waals surface area contributed by atoms with E-state index in [0.29, 0.717) is 25.8 Å². The van der Waals surface area contributed by atoms with Crippen molar-refractivity contribution in [1.82, 2.24) is 15.1 Å². The van der Waals surface area contributed by atoms with Gasteiger partial charge in [-0.2, -0.15) is 0 Å². The summed E-state index contributed by atoms with van der Waals surface area (Å²) in [6, 6.07) is 16.2. The summed E-state index contributed by atoms with van der Waals surface area (Å²) in [7, 11) is 0. The first-order valence-electron chi connectivity index (χ1n) is 17.5. The number of benzene rings is 2. The van der Waals surface area contributed by atoms with Crippen LogP contribution < -0.4 is 5.32 Å². The van der Waals surface area contributed by atoms with Gasteiger partial charge in [-0.15, -0.1) is 13.2 Å². The van der Waals surface area contributed by atoms with Crippen LogP contribution in [-0.4, -0.2) is 93.5 Å². The van der Waals surface area contributed by atoms with E-state index in [9.17, 15) is 24.3 Å². The minimum absolute atomic E-state index is 0.101. The van der Waals surface area contributed by atoms with Crippen LogP contribution in [-0.2, 0) is 35.1 Å². The molecule has 0 radical (unpaired) electrons. The molecule has 268 valence electrons. The predicted octanol–water partition coefficient (Wildman–Crippen LogP) is 4.52. The SMILES string of the molecule is C=CCCC(=O)OC[C@H](NC(=O)[C@@H]1[C@H]2O[C@@]3(CC2Br)[C@H](C(=O)N(CC=C)CCCC)N([C@@H](CO)Cc2ccccc2)C(=O)[C@@H]13)c1ccccc1. The van der Waals surface area contributed by atoms with E-state index in [1.54, 1.807) is 17.1 Å². The van der Waals surface area contributed by atoms with E-state index >= 15 is 0 Å². The molecule has 0 aliphatic carbocycles. The number of nitrogens with one attached hydrogen (secondary N) is 1. The highest BCUT2D eigenvalue weighted by Crippen LogP contribution is 2.60. The Labute approximate surface area is 303 Å². The van der Waals surface area contributed by atoms with Gasteiger partial charge in [-0.1, -0.05) is 102 Å². The molecule has 3 amide bonds. The monoisotopic (exact) mass is 749 g/mol. The minimum atomic E-state index is -1.30. The number of ether oxygens (including phenoxy) is 2. The number of carbonyl (C=O) groups excluding carboxylic acids is 4. The standard InChI is InChI=1S/C39H48BrN3O7/c1-4-7-19-31(45)49-25-30(27-17-13-10-14-18-27)41-36(46)32-33-37(47)43(28(24-44)22-26-15-11-9-12-16-26)35(39(33)23-29(40)34(32)50-39)38(48)42(20-6-3)21-8-5-2/h4,6,9-18,28-30,32-35,44H,1,3,5,7-8,19-25H2,2H3,(H,41,46)/t28-,29?,30+,32+,33-,34+,35+,39-/m1/s1. The summed E-state index contributed by atoms with van der Waals surface area (Å²) in [4.78, 5) is 59.3. The van der Waals surface area contributed by atoms with Crippen molar-refractivity contribution in [2.75, 3.05) is 26.3 Å². The summed E-state index contributed by atoms with van der Waals surface area (Å²) < 4.78 is 12.3. The van der Waals surface area contributed by atoms with E-state index in [-0.39, 0.29) is 42.8 Å². The van der Waals surface area contributed by atoms with E-state index in [1.807, 2.05) is 67.6 Å². The zero-order valence-electron chi connectivity index (χ0n) is 28.6. The largest absolute Gasteiger partial charge is 0.463 e. The van der Waals surface area contributed by atoms with Gasteiger partial charge in [-0.25, -0.2) is 0 Å². The van der Waals surface area contributed by atoms with Gasteiger partial charge in [-0.3, -0.25) is 19.2 Å². The Balaban J connectivity index is 1.51. The first-order valence-corrected chi connectivity index (χ1v) is 18.4. The number of fused-ring (bicyclic) bond motifs is 1. The Bertz CT molecular complexity index is 1520. The number of carbonyl (C=O) groups is 4. The Morgan fingerprint density at radius 3 is 2.48 bits per heavy atom. The molecule has 0 saturated carbocycles. The number of unbranched alkanes of at least 4 members (excludes halogenated alkanes) is 1. The van der Waals surface area contributed by atoms with Crippen molar-refractivity contribution in [1.29, 1.82) is 0 Å². The van der Waals surface area contributed by atoms with Gasteiger partial charge in [0.2, 0.25) is 17.7 Å². The molecule has 10 nitrogen and oxygen atoms in total. The summed E-state index contributed by atoms with van der Waals surface area (Å²) in [5, 5.41) is 13.9. The maximum atomic E-state index is 14.8. The van der Waals surface area contributed by atoms with Crippen molar-refractivity contribution in [3.8, 4) is 0 Å². The molecular weight excluding hydrogens is 702 g/mol. The summed E-state index contributed by atoms with van der Waals surface area (Å²) >= 11 is 3.75. The van der Waals surface area contributed by atoms with Crippen LogP contribution in [0.25, 0.3) is 0 Å². The third-order valence-corrected chi connectivity index (χ3v) is 11.0. The Morgan fingerprint density at radius 1 is 1.14 bits per heavy atom. The van der Waals surface area contributed by atoms with Gasteiger partial charge in [0.15, 0.2) is 0 Å². The lowest BCUT2D eigenvalue weighted by Crippen LogP contribution is -2.59. The fraction of sp³-hybridized carbons (Fsp3) is 0.487. The Morgan fingerprint density at radius 2 is 1.84 bits per heavy atom. The van der Waals surface area contributed by atoms with Crippen LogP contribution in [0.15, 0.2) is 86.0 Å². The van der Waals surface area contributed by atoms with Crippen LogP contribution >= 0.6 is 15.9 Å². The fourth-order valence-corrected chi connectivity index (χ4v) is 8.73. The average Bonchev–Trinajstić information content (AvgIpc) is 3.73. The molecule has 3 aliphatic rings. The number of aliphatic hydroxyl groups is 1. The maximum Gasteiger partial charge on any atom is 0.306 e. The Kier molecular flexibility index (Phi) is 12.7. The van der Waals surface area contributed by atoms with Crippen LogP contribution in [0.1, 0.15) is 56.2 Å². The highest BCUT2D eigenvalue weighted by Gasteiger charge is 2.77. The number of hydrogen-bond acceptors (Lipinski definition) is 7. The highest BCUT2D eigenvalue weighted by atomic mass is 79.9. The zero-order chi connectivity index (χ0) is 35.8. The lowest BCUT2D eigenvalue weighted by Gasteiger charge is -2.39. The maximum absolute atomic E-state index is 14.8. The number of aliphatic hydroxyl groups excluding tert-OH is 1. The molecule has 3 heterocycles. The molecule has 2 N–H and O–H groups in total. The lowest BCUT2D eigenvalue weighted by atomic mass is 9.70. The van der Waals surface area contributed by atoms with E-state index in [4.69, 9.17) is 9.47 Å². The van der Waals surface area contributed by atoms with Crippen molar-refractivity contribution in [2.24, 2.45) is 11.8 Å². The molecule has 2 aromatic rings. The molecule has 3 saturated heterocycles. The molecule has 0 aromatic heterocycles. The summed E-state index contributed by atoms with van der Waals surface area (Å²) in [6.45, 7) is 9.84. The van der Waals surface area contributed by atoms with Gasteiger partial charge >= 0.3 is 5.97 Å². The molecule has 1 spiro atoms. The van der Waals surface area contributed by atoms with Crippen LogP contribution in [0.5, 0.6) is 0 Å². The van der Waals surface area contributed by atoms with Gasteiger partial charge in [-0.05, 0) is 36.8 Å². The number of likely N-dealkylation sites (tertiary alicyclic amines) is 1. The fourth-order valence-electron chi connectivity index (χ4n) is 7.79. The topological polar surface area (TPSA) is 125 Å². The molecule has 2 bridgehead atoms. The lowest BCUT2D eigenvalue weighted by molar-refractivity contribution is -0.151. The molecule has 3 fully saturated rings. The molecule has 50 heavy (non-hydrogen) atoms. The van der Waals surface area contributed by atoms with E-state index in [1.165, 1.54) is 4.90 Å². The molecular formula is C39H48BrN3O7. The number of rotatable bonds is 18. The molecule has 5 rings (SSSR count). The van der Waals surface area contributed by atoms with Crippen molar-refractivity contribution in [2.45, 2.75) is 80.1 Å². The van der Waals surface area contributed by atoms with Gasteiger partial charge in [0.25, 0.3) is 0 Å². The average molecular weight is 751 g/mol. The third-order valence-electron chi connectivity index (χ3n) is 10.1. The molecule has 8 atom stereocenters. The van der Waals surface area contributed by atoms with Crippen LogP contribution in [0.4, 0.5) is 0 Å². The molecule has 3 aliphatic heterocycles. The molecule has 11 heteroatoms. The smallest absolute Gasteiger partial charge is 0.306 e. The predicted molar refractivity (Wildman–Crippen MR) is 193 cm³/mol. The van der Waals surface area contributed by atoms with E-state index < -0.39 is 53.5 Å². The van der Waals surface area contributed by atoms with E-state index in [2.05, 4.69) is 34.4 Å². The number of amides is 3. The third kappa shape index (κ3) is 7.60. The number of halogens is 1. The number of nitrogens with zero attached hydrogens (tertiary/aromatic N) is 2. The van der Waals surface area contributed by atoms with Crippen molar-refractivity contribution in [3.63, 3.8) is 0 Å². The minimum Gasteiger partial charge on any atom is -0.463 e. The second kappa shape index (κ2) is 16.9. The second-order valence-corrected chi connectivity index (χ2v) is 14.5. The summed E-state index contributed by atoms with van der Waals surface area (Å²) in [5.41, 5.74) is 0.336. The van der Waals surface area contributed by atoms with Gasteiger partial charge in [0.1, 0.15) is 18.2 Å². The summed E-state index contributed by atoms with van der Waals surface area (Å²) in [5.74, 6) is -3.42. The van der Waals surface area contributed by atoms with Gasteiger partial charge in [0, 0.05) is 24.3 Å². The van der Waals surface area contributed by atoms with Crippen molar-refractivity contribution in [3.05, 3.63) is 97.1 Å². The molecule has 1 unspecified atom stereocenters. The van der Waals surface area contributed by atoms with E-state index in [0.717, 1.165) is 24.0 Å². The Hall–Kier alpha value is -3.80. The van der Waals surface area contributed by atoms with Gasteiger partial charge in [0.05, 0.1) is 36.6 Å². The number of allylic oxidation sites excluding steroid dienone is 1. The quantitative estimate of drug-likeness (QED) is 0.131. The number of alkyl halides is 1. The van der Waals surface area contributed by atoms with Crippen molar-refractivity contribution >= 4 is 39.6 Å². The zero-order valence-corrected chi connectivity index (χ0v) is 30.2. The van der Waals surface area contributed by atoms with Crippen molar-refractivity contribution < 1.29 is 33.8 Å². The normalized spacial score (nSPS) is 26.2. The summed E-state index contributed by atoms with van der Waals surface area (Å²) in [6.07, 6.45) is 5.55. The van der Waals surface area contributed by atoms with Crippen LogP contribution in [0.2, 0.25) is 0 Å². The number of esters is 1. The highest BCUT2D eigenvalue weighted by molar-refractivity contribution is 9.09. The van der Waals surface area contributed by atoms with Crippen LogP contribution in [0, 0.1) is 11.8 Å². The molecule has 2 aromatic carbocycles. The number of hydrogen-bond donors (Lipinski definition) is 2. The second-order valence-electron chi connectivity index (χ2n) is 13.3.